The van der Waals surface area contributed by atoms with Gasteiger partial charge in [0.1, 0.15) is 0 Å². The molecule has 4 heteroatoms. The standard InChI is InChI=1S/C15H26BrN3/c1-6-19-13(14(16)12(2)18-19)10-8-7-9-11-17-15(3,4)5/h7-8,17H,6,9-11H2,1-5H3. The molecule has 1 heterocycles. The molecular weight excluding hydrogens is 302 g/mol. The van der Waals surface area contributed by atoms with E-state index in [1.807, 2.05) is 6.92 Å². The van der Waals surface area contributed by atoms with Crippen LogP contribution < -0.4 is 5.32 Å². The molecule has 1 rings (SSSR count). The summed E-state index contributed by atoms with van der Waals surface area (Å²) in [5.41, 5.74) is 2.54. The van der Waals surface area contributed by atoms with Gasteiger partial charge in [-0.05, 0) is 63.5 Å². The fourth-order valence-corrected chi connectivity index (χ4v) is 2.35. The topological polar surface area (TPSA) is 29.9 Å². The van der Waals surface area contributed by atoms with Crippen LogP contribution in [0.25, 0.3) is 0 Å². The monoisotopic (exact) mass is 327 g/mol. The van der Waals surface area contributed by atoms with Gasteiger partial charge in [0.2, 0.25) is 0 Å². The minimum Gasteiger partial charge on any atom is -0.312 e. The van der Waals surface area contributed by atoms with E-state index in [2.05, 4.69) is 70.9 Å². The summed E-state index contributed by atoms with van der Waals surface area (Å²) in [5.74, 6) is 0. The van der Waals surface area contributed by atoms with Crippen LogP contribution in [0.4, 0.5) is 0 Å². The lowest BCUT2D eigenvalue weighted by Crippen LogP contribution is -2.36. The van der Waals surface area contributed by atoms with Gasteiger partial charge < -0.3 is 5.32 Å². The van der Waals surface area contributed by atoms with E-state index in [1.54, 1.807) is 0 Å². The molecule has 0 fully saturated rings. The Labute approximate surface area is 125 Å². The summed E-state index contributed by atoms with van der Waals surface area (Å²) in [6.07, 6.45) is 6.48. The van der Waals surface area contributed by atoms with Crippen LogP contribution in [0, 0.1) is 6.92 Å². The van der Waals surface area contributed by atoms with Crippen molar-refractivity contribution in [3.05, 3.63) is 28.0 Å². The lowest BCUT2D eigenvalue weighted by Gasteiger charge is -2.19. The van der Waals surface area contributed by atoms with Crippen molar-refractivity contribution in [2.75, 3.05) is 6.54 Å². The summed E-state index contributed by atoms with van der Waals surface area (Å²) in [4.78, 5) is 0. The van der Waals surface area contributed by atoms with Gasteiger partial charge in [-0.2, -0.15) is 5.10 Å². The zero-order chi connectivity index (χ0) is 14.5. The average Bonchev–Trinajstić information content (AvgIpc) is 2.59. The van der Waals surface area contributed by atoms with Crippen molar-refractivity contribution in [2.24, 2.45) is 0 Å². The van der Waals surface area contributed by atoms with Crippen LogP contribution in [0.5, 0.6) is 0 Å². The highest BCUT2D eigenvalue weighted by atomic mass is 79.9. The van der Waals surface area contributed by atoms with Gasteiger partial charge in [-0.1, -0.05) is 12.2 Å². The first-order valence-electron chi connectivity index (χ1n) is 6.97. The first kappa shape index (κ1) is 16.4. The second-order valence-electron chi connectivity index (χ2n) is 5.80. The Kier molecular flexibility index (Phi) is 6.27. The fraction of sp³-hybridized carbons (Fsp3) is 0.667. The molecule has 19 heavy (non-hydrogen) atoms. The van der Waals surface area contributed by atoms with E-state index in [0.717, 1.165) is 36.1 Å². The second kappa shape index (κ2) is 7.25. The maximum absolute atomic E-state index is 4.50. The average molecular weight is 328 g/mol. The number of allylic oxidation sites excluding steroid dienone is 1. The minimum atomic E-state index is 0.203. The molecule has 1 N–H and O–H groups in total. The summed E-state index contributed by atoms with van der Waals surface area (Å²) in [7, 11) is 0. The number of halogens is 1. The molecule has 0 saturated carbocycles. The van der Waals surface area contributed by atoms with Gasteiger partial charge in [-0.3, -0.25) is 4.68 Å². The predicted octanol–water partition coefficient (Wildman–Crippen LogP) is 3.85. The zero-order valence-corrected chi connectivity index (χ0v) is 14.3. The number of hydrogen-bond donors (Lipinski definition) is 1. The molecule has 0 amide bonds. The van der Waals surface area contributed by atoms with E-state index in [1.165, 1.54) is 5.69 Å². The normalized spacial score (nSPS) is 12.5. The van der Waals surface area contributed by atoms with E-state index >= 15 is 0 Å². The van der Waals surface area contributed by atoms with E-state index in [0.29, 0.717) is 0 Å². The van der Waals surface area contributed by atoms with Crippen LogP contribution in [-0.2, 0) is 13.0 Å². The largest absolute Gasteiger partial charge is 0.312 e. The molecule has 3 nitrogen and oxygen atoms in total. The highest BCUT2D eigenvalue weighted by Gasteiger charge is 2.10. The molecule has 0 spiro atoms. The van der Waals surface area contributed by atoms with Crippen molar-refractivity contribution < 1.29 is 0 Å². The summed E-state index contributed by atoms with van der Waals surface area (Å²) in [5, 5.41) is 7.98. The smallest absolute Gasteiger partial charge is 0.0738 e. The van der Waals surface area contributed by atoms with Crippen molar-refractivity contribution in [3.63, 3.8) is 0 Å². The van der Waals surface area contributed by atoms with Gasteiger partial charge in [0.15, 0.2) is 0 Å². The van der Waals surface area contributed by atoms with Crippen LogP contribution in [0.3, 0.4) is 0 Å². The molecule has 108 valence electrons. The van der Waals surface area contributed by atoms with E-state index in [-0.39, 0.29) is 5.54 Å². The number of aromatic nitrogens is 2. The molecule has 0 atom stereocenters. The van der Waals surface area contributed by atoms with Crippen molar-refractivity contribution in [1.29, 1.82) is 0 Å². The SMILES string of the molecule is CCn1nc(C)c(Br)c1CC=CCCNC(C)(C)C. The molecule has 0 bridgehead atoms. The summed E-state index contributed by atoms with van der Waals surface area (Å²) in [6.45, 7) is 12.7. The lowest BCUT2D eigenvalue weighted by molar-refractivity contribution is 0.431. The highest BCUT2D eigenvalue weighted by Crippen LogP contribution is 2.21. The summed E-state index contributed by atoms with van der Waals surface area (Å²) < 4.78 is 3.21. The molecule has 0 aromatic carbocycles. The van der Waals surface area contributed by atoms with Gasteiger partial charge >= 0.3 is 0 Å². The van der Waals surface area contributed by atoms with Crippen molar-refractivity contribution >= 4 is 15.9 Å². The highest BCUT2D eigenvalue weighted by molar-refractivity contribution is 9.10. The van der Waals surface area contributed by atoms with Gasteiger partial charge in [0.05, 0.1) is 15.9 Å². The number of rotatable bonds is 6. The molecule has 0 aliphatic rings. The van der Waals surface area contributed by atoms with Gasteiger partial charge in [0, 0.05) is 18.5 Å². The van der Waals surface area contributed by atoms with Gasteiger partial charge in [-0.25, -0.2) is 0 Å². The van der Waals surface area contributed by atoms with Crippen molar-refractivity contribution in [1.82, 2.24) is 15.1 Å². The third kappa shape index (κ3) is 5.49. The molecule has 0 aliphatic heterocycles. The van der Waals surface area contributed by atoms with Crippen LogP contribution in [0.15, 0.2) is 16.6 Å². The van der Waals surface area contributed by atoms with E-state index in [4.69, 9.17) is 0 Å². The fourth-order valence-electron chi connectivity index (χ4n) is 1.91. The van der Waals surface area contributed by atoms with Gasteiger partial charge in [0.25, 0.3) is 0 Å². The van der Waals surface area contributed by atoms with E-state index in [9.17, 15) is 0 Å². The Morgan fingerprint density at radius 3 is 2.58 bits per heavy atom. The molecule has 0 aliphatic carbocycles. The number of hydrogen-bond acceptors (Lipinski definition) is 2. The molecular formula is C15H26BrN3. The molecule has 1 aromatic rings. The zero-order valence-electron chi connectivity index (χ0n) is 12.8. The lowest BCUT2D eigenvalue weighted by atomic mass is 10.1. The maximum Gasteiger partial charge on any atom is 0.0738 e. The Morgan fingerprint density at radius 1 is 1.32 bits per heavy atom. The van der Waals surface area contributed by atoms with Gasteiger partial charge in [-0.15, -0.1) is 0 Å². The molecule has 0 unspecified atom stereocenters. The number of nitrogens with zero attached hydrogens (tertiary/aromatic N) is 2. The van der Waals surface area contributed by atoms with Crippen LogP contribution in [0.1, 0.15) is 45.5 Å². The Bertz CT molecular complexity index is 427. The number of nitrogens with one attached hydrogen (secondary N) is 1. The van der Waals surface area contributed by atoms with Crippen molar-refractivity contribution in [2.45, 2.75) is 59.5 Å². The number of aryl methyl sites for hydroxylation is 2. The first-order valence-corrected chi connectivity index (χ1v) is 7.76. The first-order chi connectivity index (χ1) is 8.85. The second-order valence-corrected chi connectivity index (χ2v) is 6.60. The summed E-state index contributed by atoms with van der Waals surface area (Å²) in [6, 6.07) is 0. The Morgan fingerprint density at radius 2 is 2.00 bits per heavy atom. The van der Waals surface area contributed by atoms with Crippen LogP contribution in [0.2, 0.25) is 0 Å². The third-order valence-electron chi connectivity index (χ3n) is 2.90. The van der Waals surface area contributed by atoms with Crippen LogP contribution >= 0.6 is 15.9 Å². The quantitative estimate of drug-likeness (QED) is 0.635. The van der Waals surface area contributed by atoms with Crippen molar-refractivity contribution in [3.8, 4) is 0 Å². The Hall–Kier alpha value is -0.610. The van der Waals surface area contributed by atoms with Crippen LogP contribution in [-0.4, -0.2) is 21.9 Å². The summed E-state index contributed by atoms with van der Waals surface area (Å²) >= 11 is 3.62. The molecule has 0 saturated heterocycles. The molecule has 1 aromatic heterocycles. The Balaban J connectivity index is 2.44. The van der Waals surface area contributed by atoms with E-state index < -0.39 is 0 Å². The minimum absolute atomic E-state index is 0.203. The molecule has 0 radical (unpaired) electrons. The predicted molar refractivity (Wildman–Crippen MR) is 85.6 cm³/mol. The maximum atomic E-state index is 4.50. The third-order valence-corrected chi connectivity index (χ3v) is 3.93.